The number of hydrogen-bond acceptors (Lipinski definition) is 1. The molecule has 0 radical (unpaired) electrons. The SMILES string of the molecule is CC1(c2cc(F)ccc2F)CCC(=O)C1. The van der Waals surface area contributed by atoms with Crippen LogP contribution in [0.1, 0.15) is 31.7 Å². The highest BCUT2D eigenvalue weighted by Gasteiger charge is 2.37. The van der Waals surface area contributed by atoms with Crippen LogP contribution in [0.5, 0.6) is 0 Å². The molecule has 1 aliphatic rings. The summed E-state index contributed by atoms with van der Waals surface area (Å²) in [6.07, 6.45) is 1.38. The first-order chi connectivity index (χ1) is 7.01. The van der Waals surface area contributed by atoms with Gasteiger partial charge in [0.15, 0.2) is 0 Å². The quantitative estimate of drug-likeness (QED) is 0.696. The zero-order valence-corrected chi connectivity index (χ0v) is 8.52. The van der Waals surface area contributed by atoms with E-state index in [1.165, 1.54) is 6.07 Å². The predicted molar refractivity (Wildman–Crippen MR) is 52.6 cm³/mol. The summed E-state index contributed by atoms with van der Waals surface area (Å²) < 4.78 is 26.5. The number of benzene rings is 1. The van der Waals surface area contributed by atoms with Gasteiger partial charge >= 0.3 is 0 Å². The standard InChI is InChI=1S/C12H12F2O/c1-12(5-4-9(15)7-12)10-6-8(13)2-3-11(10)14/h2-3,6H,4-5,7H2,1H3. The van der Waals surface area contributed by atoms with E-state index >= 15 is 0 Å². The van der Waals surface area contributed by atoms with E-state index in [4.69, 9.17) is 0 Å². The lowest BCUT2D eigenvalue weighted by Gasteiger charge is -2.23. The summed E-state index contributed by atoms with van der Waals surface area (Å²) in [4.78, 5) is 11.2. The zero-order chi connectivity index (χ0) is 11.1. The van der Waals surface area contributed by atoms with Crippen molar-refractivity contribution >= 4 is 5.78 Å². The van der Waals surface area contributed by atoms with E-state index in [-0.39, 0.29) is 5.78 Å². The van der Waals surface area contributed by atoms with Crippen molar-refractivity contribution < 1.29 is 13.6 Å². The molecule has 0 N–H and O–H groups in total. The van der Waals surface area contributed by atoms with Gasteiger partial charge in [-0.3, -0.25) is 4.79 Å². The topological polar surface area (TPSA) is 17.1 Å². The maximum absolute atomic E-state index is 13.5. The van der Waals surface area contributed by atoms with Crippen LogP contribution in [0.15, 0.2) is 18.2 Å². The lowest BCUT2D eigenvalue weighted by molar-refractivity contribution is -0.117. The Bertz CT molecular complexity index is 414. The average Bonchev–Trinajstić information content (AvgIpc) is 2.52. The highest BCUT2D eigenvalue weighted by Crippen LogP contribution is 2.40. The molecule has 1 unspecified atom stereocenters. The highest BCUT2D eigenvalue weighted by molar-refractivity contribution is 5.82. The second-order valence-electron chi connectivity index (χ2n) is 4.40. The van der Waals surface area contributed by atoms with Crippen LogP contribution in [-0.4, -0.2) is 5.78 Å². The Hall–Kier alpha value is -1.25. The Balaban J connectivity index is 2.44. The van der Waals surface area contributed by atoms with Crippen molar-refractivity contribution in [1.82, 2.24) is 0 Å². The van der Waals surface area contributed by atoms with Crippen LogP contribution >= 0.6 is 0 Å². The minimum Gasteiger partial charge on any atom is -0.300 e. The second kappa shape index (κ2) is 3.40. The molecule has 1 aromatic carbocycles. The van der Waals surface area contributed by atoms with Crippen molar-refractivity contribution in [3.8, 4) is 0 Å². The molecule has 2 rings (SSSR count). The van der Waals surface area contributed by atoms with E-state index in [2.05, 4.69) is 0 Å². The normalized spacial score (nSPS) is 25.9. The summed E-state index contributed by atoms with van der Waals surface area (Å²) in [5.74, 6) is -0.748. The molecule has 1 nitrogen and oxygen atoms in total. The average molecular weight is 210 g/mol. The van der Waals surface area contributed by atoms with Gasteiger partial charge in [0.25, 0.3) is 0 Å². The first kappa shape index (κ1) is 10.3. The van der Waals surface area contributed by atoms with Gasteiger partial charge in [0.1, 0.15) is 17.4 Å². The van der Waals surface area contributed by atoms with Crippen molar-refractivity contribution in [2.75, 3.05) is 0 Å². The second-order valence-corrected chi connectivity index (χ2v) is 4.40. The van der Waals surface area contributed by atoms with Gasteiger partial charge in [-0.25, -0.2) is 8.78 Å². The van der Waals surface area contributed by atoms with Crippen LogP contribution in [0.25, 0.3) is 0 Å². The number of rotatable bonds is 1. The molecule has 1 fully saturated rings. The smallest absolute Gasteiger partial charge is 0.133 e. The third-order valence-corrected chi connectivity index (χ3v) is 3.12. The number of Topliss-reactive ketones (excluding diaryl/α,β-unsaturated/α-hetero) is 1. The fourth-order valence-corrected chi connectivity index (χ4v) is 2.22. The molecule has 0 spiro atoms. The molecule has 0 amide bonds. The fraction of sp³-hybridized carbons (Fsp3) is 0.417. The maximum atomic E-state index is 13.5. The molecule has 1 aliphatic carbocycles. The molecule has 0 aliphatic heterocycles. The number of carbonyl (C=O) groups is 1. The summed E-state index contributed by atoms with van der Waals surface area (Å²) in [6.45, 7) is 1.82. The van der Waals surface area contributed by atoms with E-state index < -0.39 is 17.0 Å². The summed E-state index contributed by atoms with van der Waals surface area (Å²) in [5.41, 5.74) is -0.197. The van der Waals surface area contributed by atoms with E-state index in [9.17, 15) is 13.6 Å². The molecular weight excluding hydrogens is 198 g/mol. The molecule has 0 bridgehead atoms. The number of ketones is 1. The third-order valence-electron chi connectivity index (χ3n) is 3.12. The fourth-order valence-electron chi connectivity index (χ4n) is 2.22. The molecule has 80 valence electrons. The van der Waals surface area contributed by atoms with Crippen molar-refractivity contribution in [3.05, 3.63) is 35.4 Å². The van der Waals surface area contributed by atoms with E-state index in [0.717, 1.165) is 12.1 Å². The van der Waals surface area contributed by atoms with Gasteiger partial charge in [0, 0.05) is 18.3 Å². The minimum absolute atomic E-state index is 0.126. The van der Waals surface area contributed by atoms with Crippen LogP contribution in [0, 0.1) is 11.6 Å². The first-order valence-corrected chi connectivity index (χ1v) is 4.98. The van der Waals surface area contributed by atoms with Crippen LogP contribution < -0.4 is 0 Å². The van der Waals surface area contributed by atoms with E-state index in [0.29, 0.717) is 24.8 Å². The monoisotopic (exact) mass is 210 g/mol. The first-order valence-electron chi connectivity index (χ1n) is 4.98. The number of carbonyl (C=O) groups excluding carboxylic acids is 1. The lowest BCUT2D eigenvalue weighted by atomic mass is 9.80. The number of hydrogen-bond donors (Lipinski definition) is 0. The van der Waals surface area contributed by atoms with E-state index in [1.54, 1.807) is 0 Å². The highest BCUT2D eigenvalue weighted by atomic mass is 19.1. The van der Waals surface area contributed by atoms with Gasteiger partial charge in [0.2, 0.25) is 0 Å². The van der Waals surface area contributed by atoms with Crippen LogP contribution in [0.3, 0.4) is 0 Å². The Morgan fingerprint density at radius 1 is 1.33 bits per heavy atom. The molecule has 3 heteroatoms. The summed E-state index contributed by atoms with van der Waals surface area (Å²) in [5, 5.41) is 0. The van der Waals surface area contributed by atoms with Crippen LogP contribution in [-0.2, 0) is 10.2 Å². The van der Waals surface area contributed by atoms with Gasteiger partial charge in [-0.05, 0) is 30.2 Å². The van der Waals surface area contributed by atoms with Gasteiger partial charge in [0.05, 0.1) is 0 Å². The van der Waals surface area contributed by atoms with Gasteiger partial charge in [-0.1, -0.05) is 6.92 Å². The summed E-state index contributed by atoms with van der Waals surface area (Å²) >= 11 is 0. The molecule has 15 heavy (non-hydrogen) atoms. The maximum Gasteiger partial charge on any atom is 0.133 e. The predicted octanol–water partition coefficient (Wildman–Crippen LogP) is 2.98. The molecule has 0 heterocycles. The summed E-state index contributed by atoms with van der Waals surface area (Å²) in [7, 11) is 0. The molecular formula is C12H12F2O. The molecule has 1 aromatic rings. The van der Waals surface area contributed by atoms with Gasteiger partial charge < -0.3 is 0 Å². The minimum atomic E-state index is -0.525. The molecule has 1 saturated carbocycles. The van der Waals surface area contributed by atoms with Crippen LogP contribution in [0.4, 0.5) is 8.78 Å². The zero-order valence-electron chi connectivity index (χ0n) is 8.52. The molecule has 0 saturated heterocycles. The Labute approximate surface area is 87.1 Å². The number of halogens is 2. The summed E-state index contributed by atoms with van der Waals surface area (Å²) in [6, 6.07) is 3.42. The Morgan fingerprint density at radius 2 is 2.07 bits per heavy atom. The van der Waals surface area contributed by atoms with Gasteiger partial charge in [-0.15, -0.1) is 0 Å². The van der Waals surface area contributed by atoms with Crippen LogP contribution in [0.2, 0.25) is 0 Å². The molecule has 0 aromatic heterocycles. The lowest BCUT2D eigenvalue weighted by Crippen LogP contribution is -2.19. The third kappa shape index (κ3) is 1.78. The van der Waals surface area contributed by atoms with Crippen molar-refractivity contribution in [2.24, 2.45) is 0 Å². The van der Waals surface area contributed by atoms with Gasteiger partial charge in [-0.2, -0.15) is 0 Å². The van der Waals surface area contributed by atoms with E-state index in [1.807, 2.05) is 6.92 Å². The van der Waals surface area contributed by atoms with Crippen molar-refractivity contribution in [3.63, 3.8) is 0 Å². The Kier molecular flexibility index (Phi) is 2.33. The molecule has 1 atom stereocenters. The van der Waals surface area contributed by atoms with Crippen molar-refractivity contribution in [2.45, 2.75) is 31.6 Å². The Morgan fingerprint density at radius 3 is 2.67 bits per heavy atom. The largest absolute Gasteiger partial charge is 0.300 e. The van der Waals surface area contributed by atoms with Crippen molar-refractivity contribution in [1.29, 1.82) is 0 Å².